The van der Waals surface area contributed by atoms with Crippen LogP contribution in [-0.4, -0.2) is 88.1 Å². The predicted octanol–water partition coefficient (Wildman–Crippen LogP) is 8.42. The molecule has 2 amide bonds. The molecule has 2 heterocycles. The van der Waals surface area contributed by atoms with Gasteiger partial charge in [0.2, 0.25) is 5.91 Å². The standard InChI is InChI=1S/C44H70N4O6S/c1-10-21-48(44(53)35(30(7)12-3)26-40(51)37-16-14-15-22-47(37)9)38(29(5)6)27-41(54-23-11-2)43-46-36(28-55-43)42(52)45-33(24-31(8)39(50)13-4)25-32-17-19-34(49)20-18-32/h17-20,28-31,33,35,37-38,41,49H,10-16,21-27H2,1-9H3,(H,45,52)/t30-,31-,33+,35-,37+,38+,41+/m0/s1. The van der Waals surface area contributed by atoms with Gasteiger partial charge in [0.1, 0.15) is 28.3 Å². The van der Waals surface area contributed by atoms with Gasteiger partial charge in [0, 0.05) is 61.7 Å². The summed E-state index contributed by atoms with van der Waals surface area (Å²) >= 11 is 1.39. The quantitative estimate of drug-likeness (QED) is 0.109. The van der Waals surface area contributed by atoms with Gasteiger partial charge in [0.05, 0.1) is 6.04 Å². The maximum atomic E-state index is 14.7. The van der Waals surface area contributed by atoms with Gasteiger partial charge < -0.3 is 20.1 Å². The van der Waals surface area contributed by atoms with Crippen molar-refractivity contribution in [1.29, 1.82) is 0 Å². The minimum Gasteiger partial charge on any atom is -0.508 e. The first kappa shape index (κ1) is 46.2. The Morgan fingerprint density at radius 1 is 1.02 bits per heavy atom. The minimum absolute atomic E-state index is 0.0469. The molecule has 1 aromatic carbocycles. The Morgan fingerprint density at radius 3 is 2.33 bits per heavy atom. The summed E-state index contributed by atoms with van der Waals surface area (Å²) in [4.78, 5) is 63.8. The third kappa shape index (κ3) is 13.8. The Labute approximate surface area is 335 Å². The van der Waals surface area contributed by atoms with Gasteiger partial charge in [-0.3, -0.25) is 24.1 Å². The molecule has 308 valence electrons. The molecule has 10 nitrogen and oxygen atoms in total. The number of ketones is 2. The van der Waals surface area contributed by atoms with Crippen LogP contribution in [0.3, 0.4) is 0 Å². The molecule has 11 heteroatoms. The topological polar surface area (TPSA) is 129 Å². The summed E-state index contributed by atoms with van der Waals surface area (Å²) in [5.74, 6) is -0.227. The number of hydrogen-bond donors (Lipinski definition) is 2. The van der Waals surface area contributed by atoms with Crippen LogP contribution >= 0.6 is 11.3 Å². The number of likely N-dealkylation sites (tertiary alicyclic amines) is 1. The van der Waals surface area contributed by atoms with E-state index in [0.29, 0.717) is 49.5 Å². The molecular formula is C44H70N4O6S. The molecule has 0 saturated carbocycles. The Balaban J connectivity index is 1.87. The Kier molecular flexibility index (Phi) is 19.5. The Morgan fingerprint density at radius 2 is 1.73 bits per heavy atom. The number of thiazole rings is 1. The van der Waals surface area contributed by atoms with Gasteiger partial charge in [0.15, 0.2) is 5.78 Å². The van der Waals surface area contributed by atoms with Crippen molar-refractivity contribution in [3.05, 3.63) is 45.9 Å². The van der Waals surface area contributed by atoms with Crippen LogP contribution in [0.1, 0.15) is 147 Å². The highest BCUT2D eigenvalue weighted by Crippen LogP contribution is 2.34. The van der Waals surface area contributed by atoms with Gasteiger partial charge in [-0.2, -0.15) is 0 Å². The first-order valence-corrected chi connectivity index (χ1v) is 21.8. The second kappa shape index (κ2) is 23.2. The second-order valence-corrected chi connectivity index (χ2v) is 17.1. The van der Waals surface area contributed by atoms with E-state index in [0.717, 1.165) is 50.6 Å². The van der Waals surface area contributed by atoms with Crippen molar-refractivity contribution in [2.45, 2.75) is 150 Å². The molecule has 2 aromatic rings. The number of aromatic nitrogens is 1. The normalized spacial score (nSPS) is 18.3. The molecule has 1 aliphatic heterocycles. The van der Waals surface area contributed by atoms with Crippen LogP contribution in [0.5, 0.6) is 5.75 Å². The fourth-order valence-corrected chi connectivity index (χ4v) is 8.70. The first-order valence-electron chi connectivity index (χ1n) is 21.0. The number of carbonyl (C=O) groups is 4. The number of ether oxygens (including phenoxy) is 1. The number of amides is 2. The van der Waals surface area contributed by atoms with Crippen LogP contribution in [0.4, 0.5) is 0 Å². The van der Waals surface area contributed by atoms with E-state index in [-0.39, 0.29) is 71.4 Å². The number of nitrogens with zero attached hydrogens (tertiary/aromatic N) is 3. The lowest BCUT2D eigenvalue weighted by Crippen LogP contribution is -2.50. The number of hydrogen-bond acceptors (Lipinski definition) is 9. The fourth-order valence-electron chi connectivity index (χ4n) is 7.84. The van der Waals surface area contributed by atoms with E-state index in [1.807, 2.05) is 37.9 Å². The van der Waals surface area contributed by atoms with E-state index in [1.165, 1.54) is 11.3 Å². The molecule has 2 N–H and O–H groups in total. The maximum absolute atomic E-state index is 14.7. The highest BCUT2D eigenvalue weighted by molar-refractivity contribution is 7.09. The maximum Gasteiger partial charge on any atom is 0.270 e. The molecule has 0 spiro atoms. The molecule has 0 aliphatic carbocycles. The summed E-state index contributed by atoms with van der Waals surface area (Å²) < 4.78 is 6.47. The van der Waals surface area contributed by atoms with E-state index >= 15 is 0 Å². The van der Waals surface area contributed by atoms with Gasteiger partial charge in [-0.1, -0.05) is 80.4 Å². The average molecular weight is 783 g/mol. The lowest BCUT2D eigenvalue weighted by Gasteiger charge is -2.40. The molecule has 1 saturated heterocycles. The SMILES string of the molecule is CCCO[C@H](C[C@H](C(C)C)N(CCC)C(=O)[C@@H](CC(=O)[C@H]1CCCCN1C)[C@@H](C)CC)c1nc(C(=O)N[C@@H](Cc2ccc(O)cc2)C[C@H](C)C(=O)CC)cs1. The molecular weight excluding hydrogens is 713 g/mol. The zero-order chi connectivity index (χ0) is 40.7. The number of aromatic hydroxyl groups is 1. The molecule has 1 aliphatic rings. The Bertz CT molecular complexity index is 1500. The summed E-state index contributed by atoms with van der Waals surface area (Å²) in [6, 6.07) is 6.29. The monoisotopic (exact) mass is 783 g/mol. The smallest absolute Gasteiger partial charge is 0.270 e. The number of piperidine rings is 1. The van der Waals surface area contributed by atoms with E-state index in [1.54, 1.807) is 17.5 Å². The van der Waals surface area contributed by atoms with Gasteiger partial charge in [-0.15, -0.1) is 11.3 Å². The van der Waals surface area contributed by atoms with Crippen molar-refractivity contribution < 1.29 is 29.0 Å². The zero-order valence-electron chi connectivity index (χ0n) is 35.1. The number of benzene rings is 1. The van der Waals surface area contributed by atoms with Crippen molar-refractivity contribution in [3.63, 3.8) is 0 Å². The molecule has 1 aromatic heterocycles. The average Bonchev–Trinajstić information content (AvgIpc) is 3.67. The van der Waals surface area contributed by atoms with Crippen LogP contribution in [0.2, 0.25) is 0 Å². The molecule has 55 heavy (non-hydrogen) atoms. The largest absolute Gasteiger partial charge is 0.508 e. The number of Topliss-reactive ketones (excluding diaryl/α,β-unsaturated/α-hetero) is 2. The summed E-state index contributed by atoms with van der Waals surface area (Å²) in [5.41, 5.74) is 1.24. The predicted molar refractivity (Wildman–Crippen MR) is 221 cm³/mol. The van der Waals surface area contributed by atoms with Gasteiger partial charge in [-0.05, 0) is 81.6 Å². The van der Waals surface area contributed by atoms with Gasteiger partial charge >= 0.3 is 0 Å². The van der Waals surface area contributed by atoms with Crippen molar-refractivity contribution in [2.24, 2.45) is 23.7 Å². The van der Waals surface area contributed by atoms with Crippen LogP contribution in [0.15, 0.2) is 29.6 Å². The lowest BCUT2D eigenvalue weighted by molar-refractivity contribution is -0.145. The Hall–Kier alpha value is -3.15. The highest BCUT2D eigenvalue weighted by Gasteiger charge is 2.38. The summed E-state index contributed by atoms with van der Waals surface area (Å²) in [6.07, 6.45) is 7.17. The minimum atomic E-state index is -0.430. The molecule has 3 rings (SSSR count). The van der Waals surface area contributed by atoms with Crippen molar-refractivity contribution >= 4 is 34.7 Å². The number of nitrogens with one attached hydrogen (secondary N) is 1. The lowest BCUT2D eigenvalue weighted by atomic mass is 9.82. The fraction of sp³-hybridized carbons (Fsp3) is 0.705. The van der Waals surface area contributed by atoms with Crippen molar-refractivity contribution in [3.8, 4) is 5.75 Å². The highest BCUT2D eigenvalue weighted by atomic mass is 32.1. The summed E-state index contributed by atoms with van der Waals surface area (Å²) in [5, 5.41) is 15.4. The third-order valence-corrected chi connectivity index (χ3v) is 12.4. The molecule has 0 unspecified atom stereocenters. The molecule has 7 atom stereocenters. The number of phenols is 1. The van der Waals surface area contributed by atoms with Crippen molar-refractivity contribution in [2.75, 3.05) is 26.7 Å². The summed E-state index contributed by atoms with van der Waals surface area (Å²) in [7, 11) is 2.02. The molecule has 1 fully saturated rings. The molecule has 0 bridgehead atoms. The van der Waals surface area contributed by atoms with Crippen LogP contribution < -0.4 is 5.32 Å². The van der Waals surface area contributed by atoms with E-state index in [4.69, 9.17) is 9.72 Å². The van der Waals surface area contributed by atoms with Crippen LogP contribution in [-0.2, 0) is 25.5 Å². The first-order chi connectivity index (χ1) is 26.2. The zero-order valence-corrected chi connectivity index (χ0v) is 36.0. The van der Waals surface area contributed by atoms with E-state index < -0.39 is 12.0 Å². The van der Waals surface area contributed by atoms with E-state index in [2.05, 4.69) is 51.8 Å². The van der Waals surface area contributed by atoms with Crippen LogP contribution in [0, 0.1) is 23.7 Å². The van der Waals surface area contributed by atoms with Crippen molar-refractivity contribution in [1.82, 2.24) is 20.1 Å². The number of likely N-dealkylation sites (N-methyl/N-ethyl adjacent to an activating group) is 1. The number of carbonyl (C=O) groups excluding carboxylic acids is 4. The molecule has 0 radical (unpaired) electrons. The number of rotatable bonds is 24. The van der Waals surface area contributed by atoms with Gasteiger partial charge in [0.25, 0.3) is 5.91 Å². The van der Waals surface area contributed by atoms with Gasteiger partial charge in [-0.25, -0.2) is 4.98 Å². The van der Waals surface area contributed by atoms with Crippen LogP contribution in [0.25, 0.3) is 0 Å². The number of phenolic OH excluding ortho intramolecular Hbond substituents is 1. The second-order valence-electron chi connectivity index (χ2n) is 16.2. The van der Waals surface area contributed by atoms with E-state index in [9.17, 15) is 24.3 Å². The third-order valence-electron chi connectivity index (χ3n) is 11.4. The summed E-state index contributed by atoms with van der Waals surface area (Å²) in [6.45, 7) is 18.4.